The first kappa shape index (κ1) is 15.1. The first-order chi connectivity index (χ1) is 9.84. The molecule has 0 aromatic heterocycles. The molecule has 0 aliphatic carbocycles. The molecule has 0 unspecified atom stereocenters. The summed E-state index contributed by atoms with van der Waals surface area (Å²) in [6, 6.07) is 6.46. The smallest absolute Gasteiger partial charge is 0.290 e. The molecule has 21 heavy (non-hydrogen) atoms. The average molecular weight is 301 g/mol. The fourth-order valence-corrected chi connectivity index (χ4v) is 3.29. The summed E-state index contributed by atoms with van der Waals surface area (Å²) in [5.74, 6) is 1.12. The maximum absolute atomic E-state index is 12.6. The molecule has 0 saturated heterocycles. The summed E-state index contributed by atoms with van der Waals surface area (Å²) in [6.07, 6.45) is 3.12. The van der Waals surface area contributed by atoms with Gasteiger partial charge >= 0.3 is 0 Å². The van der Waals surface area contributed by atoms with Crippen LogP contribution in [0.25, 0.3) is 4.85 Å². The van der Waals surface area contributed by atoms with Crippen molar-refractivity contribution in [1.29, 1.82) is 0 Å². The summed E-state index contributed by atoms with van der Waals surface area (Å²) < 4.78 is 30.6. The van der Waals surface area contributed by atoms with E-state index in [4.69, 9.17) is 11.3 Å². The van der Waals surface area contributed by atoms with Crippen LogP contribution in [0.1, 0.15) is 19.4 Å². The number of hydrogen-bond donors (Lipinski definition) is 0. The maximum atomic E-state index is 12.6. The molecule has 5 heteroatoms. The van der Waals surface area contributed by atoms with Gasteiger partial charge < -0.3 is 4.74 Å². The Hall–Kier alpha value is -2.32. The van der Waals surface area contributed by atoms with Crippen LogP contribution in [-0.2, 0) is 14.6 Å². The van der Waals surface area contributed by atoms with Crippen LogP contribution in [-0.4, -0.2) is 8.42 Å². The maximum Gasteiger partial charge on any atom is 0.290 e. The quantitative estimate of drug-likeness (QED) is 0.782. The summed E-state index contributed by atoms with van der Waals surface area (Å²) in [6.45, 7) is 12.6. The lowest BCUT2D eigenvalue weighted by molar-refractivity contribution is 0.304. The lowest BCUT2D eigenvalue weighted by atomic mass is 10.2. The van der Waals surface area contributed by atoms with Gasteiger partial charge in [-0.25, -0.2) is 13.3 Å². The lowest BCUT2D eigenvalue weighted by Crippen LogP contribution is -2.06. The van der Waals surface area contributed by atoms with Gasteiger partial charge in [-0.1, -0.05) is 17.7 Å². The molecular formula is C16H15NO3S. The van der Waals surface area contributed by atoms with Crippen LogP contribution in [0, 0.1) is 13.5 Å². The second-order valence-corrected chi connectivity index (χ2v) is 6.67. The Balaban J connectivity index is 2.64. The standard InChI is InChI=1S/C16H15NO3S/c1-11-5-7-15(8-6-11)21(18,19)16(17-4)14-9-12(2)20-13(3)10-14/h5-10H,1-3H3. The third-order valence-corrected chi connectivity index (χ3v) is 4.70. The van der Waals surface area contributed by atoms with Gasteiger partial charge in [0.1, 0.15) is 0 Å². The van der Waals surface area contributed by atoms with Gasteiger partial charge in [-0.3, -0.25) is 0 Å². The highest BCUT2D eigenvalue weighted by molar-refractivity contribution is 7.95. The molecule has 0 atom stereocenters. The molecule has 0 bridgehead atoms. The number of sulfone groups is 1. The van der Waals surface area contributed by atoms with Crippen LogP contribution in [0.5, 0.6) is 0 Å². The molecule has 108 valence electrons. The summed E-state index contributed by atoms with van der Waals surface area (Å²) in [5, 5.41) is -0.284. The predicted octanol–water partition coefficient (Wildman–Crippen LogP) is 3.74. The molecular weight excluding hydrogens is 286 g/mol. The van der Waals surface area contributed by atoms with Gasteiger partial charge in [-0.05, 0) is 50.6 Å². The highest BCUT2D eigenvalue weighted by Gasteiger charge is 2.25. The topological polar surface area (TPSA) is 47.7 Å². The number of allylic oxidation sites excluding steroid dienone is 5. The van der Waals surface area contributed by atoms with Crippen LogP contribution in [0.15, 0.2) is 63.4 Å². The van der Waals surface area contributed by atoms with Crippen molar-refractivity contribution in [3.05, 3.63) is 75.5 Å². The third-order valence-electron chi connectivity index (χ3n) is 2.97. The van der Waals surface area contributed by atoms with Crippen molar-refractivity contribution in [2.45, 2.75) is 25.7 Å². The van der Waals surface area contributed by atoms with Crippen LogP contribution < -0.4 is 0 Å². The molecule has 1 heterocycles. The Bertz CT molecular complexity index is 784. The molecule has 0 amide bonds. The molecule has 0 radical (unpaired) electrons. The minimum absolute atomic E-state index is 0.121. The van der Waals surface area contributed by atoms with E-state index in [1.165, 1.54) is 12.1 Å². The van der Waals surface area contributed by atoms with Crippen LogP contribution in [0.3, 0.4) is 0 Å². The number of rotatable bonds is 2. The third kappa shape index (κ3) is 3.06. The molecule has 0 saturated carbocycles. The van der Waals surface area contributed by atoms with E-state index in [0.29, 0.717) is 17.1 Å². The van der Waals surface area contributed by atoms with E-state index in [-0.39, 0.29) is 9.92 Å². The van der Waals surface area contributed by atoms with Crippen molar-refractivity contribution >= 4 is 9.84 Å². The van der Waals surface area contributed by atoms with Crippen molar-refractivity contribution < 1.29 is 13.2 Å². The molecule has 0 spiro atoms. The zero-order valence-corrected chi connectivity index (χ0v) is 12.9. The number of hydrogen-bond acceptors (Lipinski definition) is 3. The van der Waals surface area contributed by atoms with Gasteiger partial charge in [-0.15, -0.1) is 0 Å². The van der Waals surface area contributed by atoms with Crippen molar-refractivity contribution in [1.82, 2.24) is 0 Å². The Labute approximate surface area is 124 Å². The van der Waals surface area contributed by atoms with Crippen molar-refractivity contribution in [3.63, 3.8) is 0 Å². The Morgan fingerprint density at radius 1 is 1.05 bits per heavy atom. The van der Waals surface area contributed by atoms with Crippen LogP contribution in [0.4, 0.5) is 0 Å². The monoisotopic (exact) mass is 301 g/mol. The van der Waals surface area contributed by atoms with E-state index in [9.17, 15) is 8.42 Å². The summed E-state index contributed by atoms with van der Waals surface area (Å²) in [4.78, 5) is 3.37. The fraction of sp³-hybridized carbons (Fsp3) is 0.188. The highest BCUT2D eigenvalue weighted by Crippen LogP contribution is 2.28. The van der Waals surface area contributed by atoms with Crippen LogP contribution in [0.2, 0.25) is 0 Å². The Morgan fingerprint density at radius 2 is 1.57 bits per heavy atom. The number of aryl methyl sites for hydroxylation is 1. The van der Waals surface area contributed by atoms with Gasteiger partial charge in [0.15, 0.2) is 0 Å². The Morgan fingerprint density at radius 3 is 2.05 bits per heavy atom. The minimum Gasteiger partial charge on any atom is -0.467 e. The zero-order valence-electron chi connectivity index (χ0n) is 12.0. The number of nitrogens with zero attached hydrogens (tertiary/aromatic N) is 1. The first-order valence-corrected chi connectivity index (χ1v) is 7.81. The molecule has 0 fully saturated rings. The number of ether oxygens (including phenoxy) is 1. The van der Waals surface area contributed by atoms with Crippen molar-refractivity contribution in [2.24, 2.45) is 0 Å². The highest BCUT2D eigenvalue weighted by atomic mass is 32.2. The minimum atomic E-state index is -3.83. The lowest BCUT2D eigenvalue weighted by Gasteiger charge is -2.14. The molecule has 1 aliphatic heterocycles. The SMILES string of the molecule is [C-]#[N+]C(=C1C=C(C)OC(C)=C1)S(=O)(=O)c1ccc(C)cc1. The zero-order chi connectivity index (χ0) is 15.6. The predicted molar refractivity (Wildman–Crippen MR) is 80.6 cm³/mol. The van der Waals surface area contributed by atoms with E-state index < -0.39 is 9.84 Å². The summed E-state index contributed by atoms with van der Waals surface area (Å²) >= 11 is 0. The van der Waals surface area contributed by atoms with Gasteiger partial charge in [0.2, 0.25) is 9.84 Å². The summed E-state index contributed by atoms with van der Waals surface area (Å²) in [5.41, 5.74) is 1.32. The average Bonchev–Trinajstić information content (AvgIpc) is 2.38. The van der Waals surface area contributed by atoms with E-state index in [2.05, 4.69) is 4.85 Å². The molecule has 4 nitrogen and oxygen atoms in total. The molecule has 1 aromatic rings. The van der Waals surface area contributed by atoms with E-state index in [1.54, 1.807) is 38.1 Å². The van der Waals surface area contributed by atoms with E-state index >= 15 is 0 Å². The van der Waals surface area contributed by atoms with Gasteiger partial charge in [-0.2, -0.15) is 0 Å². The van der Waals surface area contributed by atoms with Gasteiger partial charge in [0.05, 0.1) is 23.0 Å². The molecule has 2 rings (SSSR count). The Kier molecular flexibility index (Phi) is 4.01. The number of benzene rings is 1. The van der Waals surface area contributed by atoms with Crippen LogP contribution >= 0.6 is 0 Å². The molecule has 1 aromatic carbocycles. The largest absolute Gasteiger partial charge is 0.467 e. The summed E-state index contributed by atoms with van der Waals surface area (Å²) in [7, 11) is -3.83. The normalized spacial score (nSPS) is 14.7. The van der Waals surface area contributed by atoms with E-state index in [1.807, 2.05) is 6.92 Å². The van der Waals surface area contributed by atoms with Crippen molar-refractivity contribution in [3.8, 4) is 0 Å². The first-order valence-electron chi connectivity index (χ1n) is 6.32. The molecule has 0 N–H and O–H groups in total. The van der Waals surface area contributed by atoms with Gasteiger partial charge in [0.25, 0.3) is 5.03 Å². The fourth-order valence-electron chi connectivity index (χ4n) is 2.02. The van der Waals surface area contributed by atoms with Gasteiger partial charge in [0, 0.05) is 0 Å². The second-order valence-electron chi connectivity index (χ2n) is 4.80. The second kappa shape index (κ2) is 5.58. The van der Waals surface area contributed by atoms with E-state index in [0.717, 1.165) is 5.56 Å². The molecule has 1 aliphatic rings. The van der Waals surface area contributed by atoms with Crippen molar-refractivity contribution in [2.75, 3.05) is 0 Å².